The number of benzene rings is 1. The van der Waals surface area contributed by atoms with E-state index in [2.05, 4.69) is 31.5 Å². The second-order valence-electron chi connectivity index (χ2n) is 4.58. The Labute approximate surface area is 126 Å². The summed E-state index contributed by atoms with van der Waals surface area (Å²) in [5, 5.41) is 6.77. The van der Waals surface area contributed by atoms with E-state index in [1.165, 1.54) is 0 Å². The molecule has 1 atom stereocenters. The number of carbonyl (C=O) groups excluding carboxylic acids is 1. The van der Waals surface area contributed by atoms with Crippen LogP contribution in [-0.2, 0) is 4.79 Å². The Morgan fingerprint density at radius 3 is 2.79 bits per heavy atom. The molecule has 4 nitrogen and oxygen atoms in total. The highest BCUT2D eigenvalue weighted by Crippen LogP contribution is 2.25. The van der Waals surface area contributed by atoms with Gasteiger partial charge in [-0.05, 0) is 41.1 Å². The van der Waals surface area contributed by atoms with Crippen molar-refractivity contribution in [1.82, 2.24) is 10.2 Å². The molecule has 104 valence electrons. The van der Waals surface area contributed by atoms with Gasteiger partial charge in [-0.25, -0.2) is 0 Å². The fraction of sp³-hybridized carbons (Fsp3) is 0.462. The van der Waals surface area contributed by atoms with Crippen LogP contribution >= 0.6 is 27.5 Å². The number of amides is 1. The highest BCUT2D eigenvalue weighted by Gasteiger charge is 2.22. The van der Waals surface area contributed by atoms with Crippen LogP contribution in [0.15, 0.2) is 22.7 Å². The van der Waals surface area contributed by atoms with Gasteiger partial charge in [0.25, 0.3) is 0 Å². The molecule has 1 unspecified atom stereocenters. The first-order valence-corrected chi connectivity index (χ1v) is 7.45. The van der Waals surface area contributed by atoms with Gasteiger partial charge in [-0.15, -0.1) is 0 Å². The van der Waals surface area contributed by atoms with E-state index in [1.807, 2.05) is 19.1 Å². The van der Waals surface area contributed by atoms with E-state index >= 15 is 0 Å². The minimum absolute atomic E-state index is 0.000268. The monoisotopic (exact) mass is 345 g/mol. The summed E-state index contributed by atoms with van der Waals surface area (Å²) in [6.07, 6.45) is 0. The molecule has 2 rings (SSSR count). The first-order valence-electron chi connectivity index (χ1n) is 6.28. The highest BCUT2D eigenvalue weighted by molar-refractivity contribution is 9.10. The standard InChI is InChI=1S/C13H17BrClN3O/c1-9(18-6-4-16-5-7-18)13(19)17-10-2-3-11(14)12(15)8-10/h2-3,8-9,16H,4-7H2,1H3,(H,17,19). The molecular weight excluding hydrogens is 330 g/mol. The van der Waals surface area contributed by atoms with Gasteiger partial charge in [-0.2, -0.15) is 0 Å². The molecular formula is C13H17BrClN3O. The molecule has 1 aromatic rings. The molecule has 0 radical (unpaired) electrons. The number of nitrogens with one attached hydrogen (secondary N) is 2. The average Bonchev–Trinajstić information content (AvgIpc) is 2.43. The number of anilines is 1. The van der Waals surface area contributed by atoms with Crippen LogP contribution in [0.25, 0.3) is 0 Å². The molecule has 1 aliphatic rings. The summed E-state index contributed by atoms with van der Waals surface area (Å²) in [5.74, 6) is 0.000268. The molecule has 6 heteroatoms. The molecule has 2 N–H and O–H groups in total. The minimum Gasteiger partial charge on any atom is -0.325 e. The Morgan fingerprint density at radius 1 is 1.47 bits per heavy atom. The van der Waals surface area contributed by atoms with Crippen molar-refractivity contribution < 1.29 is 4.79 Å². The van der Waals surface area contributed by atoms with Crippen molar-refractivity contribution in [3.05, 3.63) is 27.7 Å². The molecule has 0 saturated carbocycles. The summed E-state index contributed by atoms with van der Waals surface area (Å²) in [4.78, 5) is 14.4. The van der Waals surface area contributed by atoms with Gasteiger partial charge in [0, 0.05) is 36.3 Å². The van der Waals surface area contributed by atoms with Crippen LogP contribution in [0.3, 0.4) is 0 Å². The third-order valence-electron chi connectivity index (χ3n) is 3.27. The highest BCUT2D eigenvalue weighted by atomic mass is 79.9. The van der Waals surface area contributed by atoms with Crippen molar-refractivity contribution in [3.63, 3.8) is 0 Å². The average molecular weight is 347 g/mol. The summed E-state index contributed by atoms with van der Waals surface area (Å²) in [5.41, 5.74) is 0.722. The Balaban J connectivity index is 1.97. The number of hydrogen-bond acceptors (Lipinski definition) is 3. The van der Waals surface area contributed by atoms with Gasteiger partial charge in [0.1, 0.15) is 0 Å². The maximum Gasteiger partial charge on any atom is 0.241 e. The summed E-state index contributed by atoms with van der Waals surface area (Å²) in [6.45, 7) is 5.59. The predicted octanol–water partition coefficient (Wildman–Crippen LogP) is 2.33. The predicted molar refractivity (Wildman–Crippen MR) is 81.7 cm³/mol. The minimum atomic E-state index is -0.135. The van der Waals surface area contributed by atoms with Crippen LogP contribution in [0.5, 0.6) is 0 Å². The number of piperazine rings is 1. The van der Waals surface area contributed by atoms with Crippen LogP contribution in [0.1, 0.15) is 6.92 Å². The van der Waals surface area contributed by atoms with Gasteiger partial charge >= 0.3 is 0 Å². The zero-order valence-electron chi connectivity index (χ0n) is 10.7. The van der Waals surface area contributed by atoms with Crippen molar-refractivity contribution >= 4 is 39.1 Å². The number of hydrogen-bond donors (Lipinski definition) is 2. The molecule has 0 aliphatic carbocycles. The van der Waals surface area contributed by atoms with Crippen LogP contribution in [-0.4, -0.2) is 43.0 Å². The second kappa shape index (κ2) is 6.70. The Hall–Kier alpha value is -0.620. The smallest absolute Gasteiger partial charge is 0.241 e. The SMILES string of the molecule is CC(C(=O)Nc1ccc(Br)c(Cl)c1)N1CCNCC1. The molecule has 1 fully saturated rings. The first-order chi connectivity index (χ1) is 9.08. The van der Waals surface area contributed by atoms with E-state index in [4.69, 9.17) is 11.6 Å². The fourth-order valence-corrected chi connectivity index (χ4v) is 2.48. The van der Waals surface area contributed by atoms with Gasteiger partial charge in [0.15, 0.2) is 0 Å². The van der Waals surface area contributed by atoms with E-state index in [1.54, 1.807) is 6.07 Å². The summed E-state index contributed by atoms with van der Waals surface area (Å²) in [6, 6.07) is 5.27. The molecule has 0 aromatic heterocycles. The van der Waals surface area contributed by atoms with Crippen LogP contribution in [0.4, 0.5) is 5.69 Å². The Bertz CT molecular complexity index is 463. The third-order valence-corrected chi connectivity index (χ3v) is 4.50. The van der Waals surface area contributed by atoms with Gasteiger partial charge < -0.3 is 10.6 Å². The molecule has 0 spiro atoms. The fourth-order valence-electron chi connectivity index (χ4n) is 2.06. The van der Waals surface area contributed by atoms with Crippen LogP contribution < -0.4 is 10.6 Å². The molecule has 1 saturated heterocycles. The lowest BCUT2D eigenvalue weighted by atomic mass is 10.2. The molecule has 0 bridgehead atoms. The second-order valence-corrected chi connectivity index (χ2v) is 5.84. The molecule has 19 heavy (non-hydrogen) atoms. The number of halogens is 2. The number of nitrogens with zero attached hydrogens (tertiary/aromatic N) is 1. The quantitative estimate of drug-likeness (QED) is 0.883. The lowest BCUT2D eigenvalue weighted by Crippen LogP contribution is -2.51. The lowest BCUT2D eigenvalue weighted by Gasteiger charge is -2.31. The van der Waals surface area contributed by atoms with Gasteiger partial charge in [0.05, 0.1) is 11.1 Å². The number of rotatable bonds is 3. The van der Waals surface area contributed by atoms with Gasteiger partial charge in [0.2, 0.25) is 5.91 Å². The topological polar surface area (TPSA) is 44.4 Å². The maximum atomic E-state index is 12.2. The summed E-state index contributed by atoms with van der Waals surface area (Å²) in [7, 11) is 0. The first kappa shape index (κ1) is 14.8. The molecule has 1 heterocycles. The zero-order chi connectivity index (χ0) is 13.8. The zero-order valence-corrected chi connectivity index (χ0v) is 13.1. The van der Waals surface area contributed by atoms with Gasteiger partial charge in [-0.3, -0.25) is 9.69 Å². The van der Waals surface area contributed by atoms with E-state index in [-0.39, 0.29) is 11.9 Å². The van der Waals surface area contributed by atoms with Crippen molar-refractivity contribution in [2.75, 3.05) is 31.5 Å². The lowest BCUT2D eigenvalue weighted by molar-refractivity contribution is -0.120. The third kappa shape index (κ3) is 3.92. The Kier molecular flexibility index (Phi) is 5.21. The van der Waals surface area contributed by atoms with E-state index in [0.717, 1.165) is 36.3 Å². The van der Waals surface area contributed by atoms with Crippen molar-refractivity contribution in [3.8, 4) is 0 Å². The van der Waals surface area contributed by atoms with Crippen molar-refractivity contribution in [2.24, 2.45) is 0 Å². The van der Waals surface area contributed by atoms with E-state index < -0.39 is 0 Å². The maximum absolute atomic E-state index is 12.2. The van der Waals surface area contributed by atoms with E-state index in [9.17, 15) is 4.79 Å². The summed E-state index contributed by atoms with van der Waals surface area (Å²) < 4.78 is 0.822. The van der Waals surface area contributed by atoms with Gasteiger partial charge in [-0.1, -0.05) is 11.6 Å². The normalized spacial score (nSPS) is 18.1. The molecule has 1 amide bonds. The number of carbonyl (C=O) groups is 1. The molecule has 1 aliphatic heterocycles. The van der Waals surface area contributed by atoms with E-state index in [0.29, 0.717) is 5.02 Å². The molecule has 1 aromatic carbocycles. The van der Waals surface area contributed by atoms with Crippen molar-refractivity contribution in [1.29, 1.82) is 0 Å². The van der Waals surface area contributed by atoms with Crippen LogP contribution in [0.2, 0.25) is 5.02 Å². The summed E-state index contributed by atoms with van der Waals surface area (Å²) >= 11 is 9.34. The largest absolute Gasteiger partial charge is 0.325 e. The Morgan fingerprint density at radius 2 is 2.16 bits per heavy atom. The van der Waals surface area contributed by atoms with Crippen LogP contribution in [0, 0.1) is 0 Å². The van der Waals surface area contributed by atoms with Crippen molar-refractivity contribution in [2.45, 2.75) is 13.0 Å².